The van der Waals surface area contributed by atoms with Crippen LogP contribution in [0.5, 0.6) is 0 Å². The van der Waals surface area contributed by atoms with Crippen molar-refractivity contribution in [3.05, 3.63) is 69.5 Å². The summed E-state index contributed by atoms with van der Waals surface area (Å²) >= 11 is 0. The molecule has 11 heteroatoms. The Balaban J connectivity index is 1.35. The number of nitrogens with zero attached hydrogens (tertiary/aromatic N) is 6. The summed E-state index contributed by atoms with van der Waals surface area (Å²) in [4.78, 5) is 17.2. The topological polar surface area (TPSA) is 126 Å². The first-order valence-corrected chi connectivity index (χ1v) is 9.40. The molecule has 1 saturated heterocycles. The normalized spacial score (nSPS) is 19.0. The first kappa shape index (κ1) is 18.4. The van der Waals surface area contributed by atoms with E-state index in [9.17, 15) is 9.18 Å². The van der Waals surface area contributed by atoms with Crippen LogP contribution >= 0.6 is 0 Å². The average molecular weight is 411 g/mol. The second-order valence-corrected chi connectivity index (χ2v) is 7.27. The number of rotatable bonds is 4. The number of nitrogens with two attached hydrogens (primary N) is 1. The van der Waals surface area contributed by atoms with Gasteiger partial charge in [-0.05, 0) is 31.0 Å². The van der Waals surface area contributed by atoms with Crippen molar-refractivity contribution in [1.29, 1.82) is 0 Å². The van der Waals surface area contributed by atoms with Crippen molar-refractivity contribution in [2.24, 2.45) is 0 Å². The van der Waals surface area contributed by atoms with Gasteiger partial charge in [0.2, 0.25) is 11.8 Å². The van der Waals surface area contributed by atoms with Gasteiger partial charge >= 0.3 is 0 Å². The van der Waals surface area contributed by atoms with E-state index in [1.807, 2.05) is 0 Å². The highest BCUT2D eigenvalue weighted by Gasteiger charge is 2.31. The molecule has 10 nitrogen and oxygen atoms in total. The van der Waals surface area contributed by atoms with E-state index in [1.54, 1.807) is 25.3 Å². The predicted octanol–water partition coefficient (Wildman–Crippen LogP) is 1.60. The Hall–Kier alpha value is -3.60. The molecule has 4 aromatic rings. The third kappa shape index (κ3) is 3.12. The number of ether oxygens (including phenoxy) is 1. The zero-order chi connectivity index (χ0) is 20.8. The van der Waals surface area contributed by atoms with Crippen LogP contribution in [-0.4, -0.2) is 36.1 Å². The SMILES string of the molecule is Cc1cnn2nc(N)n(Cc3nc(C4COC(c5ccc(F)cc5)C4)no3)c(=O)c12. The van der Waals surface area contributed by atoms with E-state index in [0.29, 0.717) is 29.9 Å². The fourth-order valence-electron chi connectivity index (χ4n) is 3.63. The highest BCUT2D eigenvalue weighted by Crippen LogP contribution is 2.37. The molecule has 2 atom stereocenters. The number of halogens is 1. The third-order valence-electron chi connectivity index (χ3n) is 5.24. The molecule has 0 spiro atoms. The van der Waals surface area contributed by atoms with Gasteiger partial charge in [-0.1, -0.05) is 17.3 Å². The number of aromatic nitrogens is 6. The number of hydrogen-bond acceptors (Lipinski definition) is 8. The fraction of sp³-hybridized carbons (Fsp3) is 0.316. The molecule has 1 aliphatic heterocycles. The largest absolute Gasteiger partial charge is 0.373 e. The number of anilines is 1. The summed E-state index contributed by atoms with van der Waals surface area (Å²) in [7, 11) is 0. The molecule has 3 aromatic heterocycles. The molecule has 5 rings (SSSR count). The van der Waals surface area contributed by atoms with Crippen molar-refractivity contribution < 1.29 is 13.7 Å². The molecule has 0 bridgehead atoms. The van der Waals surface area contributed by atoms with Gasteiger partial charge in [0.15, 0.2) is 11.3 Å². The smallest absolute Gasteiger partial charge is 0.281 e. The lowest BCUT2D eigenvalue weighted by Gasteiger charge is -2.08. The van der Waals surface area contributed by atoms with Gasteiger partial charge in [0, 0.05) is 11.5 Å². The maximum Gasteiger partial charge on any atom is 0.281 e. The molecule has 30 heavy (non-hydrogen) atoms. The second-order valence-electron chi connectivity index (χ2n) is 7.27. The Morgan fingerprint density at radius 1 is 1.30 bits per heavy atom. The summed E-state index contributed by atoms with van der Waals surface area (Å²) in [5.74, 6) is 0.382. The quantitative estimate of drug-likeness (QED) is 0.537. The Labute approximate surface area is 169 Å². The standard InChI is InChI=1S/C19H18FN7O3/c1-10-7-22-27-16(10)18(28)26(19(21)24-27)8-15-23-17(25-30-15)12-6-14(29-9-12)11-2-4-13(20)5-3-11/h2-5,7,12,14H,6,8-9H2,1H3,(H2,21,24). The molecule has 0 amide bonds. The highest BCUT2D eigenvalue weighted by atomic mass is 19.1. The Morgan fingerprint density at radius 2 is 2.10 bits per heavy atom. The molecule has 154 valence electrons. The van der Waals surface area contributed by atoms with E-state index >= 15 is 0 Å². The molecule has 1 aliphatic rings. The summed E-state index contributed by atoms with van der Waals surface area (Å²) in [6, 6.07) is 6.24. The lowest BCUT2D eigenvalue weighted by molar-refractivity contribution is 0.110. The molecule has 0 radical (unpaired) electrons. The van der Waals surface area contributed by atoms with Crippen LogP contribution in [0.3, 0.4) is 0 Å². The van der Waals surface area contributed by atoms with Crippen LogP contribution in [0.15, 0.2) is 39.8 Å². The first-order chi connectivity index (χ1) is 14.5. The van der Waals surface area contributed by atoms with Crippen LogP contribution in [0.25, 0.3) is 5.52 Å². The van der Waals surface area contributed by atoms with E-state index in [4.69, 9.17) is 15.0 Å². The molecule has 0 saturated carbocycles. The van der Waals surface area contributed by atoms with Crippen molar-refractivity contribution in [3.8, 4) is 0 Å². The van der Waals surface area contributed by atoms with Gasteiger partial charge in [0.05, 0.1) is 18.9 Å². The molecular formula is C19H18FN7O3. The number of benzene rings is 1. The zero-order valence-electron chi connectivity index (χ0n) is 16.0. The maximum atomic E-state index is 13.1. The van der Waals surface area contributed by atoms with Crippen LogP contribution in [0.1, 0.15) is 41.3 Å². The van der Waals surface area contributed by atoms with Gasteiger partial charge in [-0.25, -0.2) is 4.39 Å². The van der Waals surface area contributed by atoms with E-state index in [2.05, 4.69) is 20.3 Å². The molecule has 4 heterocycles. The van der Waals surface area contributed by atoms with Gasteiger partial charge < -0.3 is 15.0 Å². The molecule has 1 fully saturated rings. The molecule has 0 aliphatic carbocycles. The van der Waals surface area contributed by atoms with Gasteiger partial charge in [-0.15, -0.1) is 9.73 Å². The zero-order valence-corrected chi connectivity index (χ0v) is 16.0. The van der Waals surface area contributed by atoms with Crippen LogP contribution in [0.2, 0.25) is 0 Å². The number of fused-ring (bicyclic) bond motifs is 1. The first-order valence-electron chi connectivity index (χ1n) is 9.40. The highest BCUT2D eigenvalue weighted by molar-refractivity contribution is 5.51. The monoisotopic (exact) mass is 411 g/mol. The van der Waals surface area contributed by atoms with Gasteiger partial charge in [0.25, 0.3) is 5.56 Å². The van der Waals surface area contributed by atoms with Gasteiger partial charge in [0.1, 0.15) is 12.4 Å². The van der Waals surface area contributed by atoms with Crippen molar-refractivity contribution >= 4 is 11.5 Å². The summed E-state index contributed by atoms with van der Waals surface area (Å²) < 4.78 is 26.8. The fourth-order valence-corrected chi connectivity index (χ4v) is 3.63. The lowest BCUT2D eigenvalue weighted by atomic mass is 10.00. The summed E-state index contributed by atoms with van der Waals surface area (Å²) in [6.07, 6.45) is 2.04. The summed E-state index contributed by atoms with van der Waals surface area (Å²) in [5.41, 5.74) is 7.53. The Bertz CT molecular complexity index is 1280. The van der Waals surface area contributed by atoms with Crippen molar-refractivity contribution in [2.45, 2.75) is 31.9 Å². The minimum Gasteiger partial charge on any atom is -0.373 e. The van der Waals surface area contributed by atoms with Gasteiger partial charge in [-0.2, -0.15) is 10.1 Å². The minimum absolute atomic E-state index is 0.000749. The number of aryl methyl sites for hydroxylation is 1. The third-order valence-corrected chi connectivity index (χ3v) is 5.24. The molecule has 2 N–H and O–H groups in total. The van der Waals surface area contributed by atoms with E-state index < -0.39 is 0 Å². The molecular weight excluding hydrogens is 393 g/mol. The van der Waals surface area contributed by atoms with Crippen LogP contribution in [-0.2, 0) is 11.3 Å². The average Bonchev–Trinajstić information content (AvgIpc) is 3.46. The molecule has 1 aromatic carbocycles. The van der Waals surface area contributed by atoms with Crippen LogP contribution in [0.4, 0.5) is 10.3 Å². The van der Waals surface area contributed by atoms with E-state index in [1.165, 1.54) is 21.3 Å². The lowest BCUT2D eigenvalue weighted by Crippen LogP contribution is -2.28. The Kier molecular flexibility index (Phi) is 4.31. The minimum atomic E-state index is -0.335. The van der Waals surface area contributed by atoms with E-state index in [-0.39, 0.29) is 41.8 Å². The molecule has 2 unspecified atom stereocenters. The van der Waals surface area contributed by atoms with Crippen molar-refractivity contribution in [1.82, 2.24) is 29.5 Å². The van der Waals surface area contributed by atoms with Crippen molar-refractivity contribution in [2.75, 3.05) is 12.3 Å². The van der Waals surface area contributed by atoms with Crippen LogP contribution in [0, 0.1) is 12.7 Å². The van der Waals surface area contributed by atoms with Gasteiger partial charge in [-0.3, -0.25) is 9.36 Å². The number of hydrogen-bond donors (Lipinski definition) is 1. The van der Waals surface area contributed by atoms with Crippen LogP contribution < -0.4 is 11.3 Å². The maximum absolute atomic E-state index is 13.1. The predicted molar refractivity (Wildman–Crippen MR) is 102 cm³/mol. The number of nitrogen functional groups attached to an aromatic ring is 1. The summed E-state index contributed by atoms with van der Waals surface area (Å²) in [6.45, 7) is 2.20. The van der Waals surface area contributed by atoms with E-state index in [0.717, 1.165) is 5.56 Å². The Morgan fingerprint density at radius 3 is 2.90 bits per heavy atom. The second kappa shape index (κ2) is 7.02. The van der Waals surface area contributed by atoms with Crippen molar-refractivity contribution in [3.63, 3.8) is 0 Å². The summed E-state index contributed by atoms with van der Waals surface area (Å²) in [5, 5.41) is 12.2.